The molecule has 0 aliphatic carbocycles. The van der Waals surface area contributed by atoms with E-state index in [0.29, 0.717) is 25.7 Å². The first-order valence-electron chi connectivity index (χ1n) is 37.8. The smallest absolute Gasteiger partial charge is 0.463 e. The number of unbranched alkanes of at least 4 members (excludes halogenated alkanes) is 21. The van der Waals surface area contributed by atoms with Crippen LogP contribution in [0.3, 0.4) is 0 Å². The zero-order valence-electron chi connectivity index (χ0n) is 61.4. The molecule has 18 heteroatoms. The normalized spacial score (nSPS) is 14.9. The summed E-state index contributed by atoms with van der Waals surface area (Å²) in [7, 11) is -9.81. The molecule has 0 aromatic carbocycles. The Morgan fingerprint density at radius 3 is 0.919 bits per heavy atom. The molecule has 0 bridgehead atoms. The van der Waals surface area contributed by atoms with Gasteiger partial charge in [0.25, 0.3) is 0 Å². The standard InChI is InChI=1S/C81H134O16P2/c1-4-7-10-13-16-19-22-24-26-28-30-31-32-33-34-35-36-37-38-39-40-41-42-43-45-47-48-50-53-55-58-61-64-67-79(84)91-70-76(82)71-93-98(87,88)94-72-77(83)73-95-99(89,90)96-75-78(97-81(86)69-66-63-60-57-52-21-18-15-12-9-6-3)74-92-80(85)68-65-62-59-56-54-51-49-46-44-29-27-25-23-20-17-14-11-8-5-2/h7-8,10-11,15-20,24-27,30-31,33-34,36-37,44,46,51,54,59,62,76-78,82-83H,4-6,9,12-14,21-23,28-29,32,35,38-43,45,47-50,52-53,55-58,60-61,63-75H2,1-3H3,(H,87,88)(H,89,90)/b10-7-,11-8-,18-15-,19-16-,20-17-,26-24-,27-25-,31-30-,34-33-,37-36-,46-44-,54-51-,62-59-. The van der Waals surface area contributed by atoms with Gasteiger partial charge < -0.3 is 34.2 Å². The topological polar surface area (TPSA) is 231 Å². The third kappa shape index (κ3) is 74.2. The molecule has 16 nitrogen and oxygen atoms in total. The van der Waals surface area contributed by atoms with Gasteiger partial charge in [-0.15, -0.1) is 0 Å². The van der Waals surface area contributed by atoms with Gasteiger partial charge in [-0.25, -0.2) is 9.13 Å². The van der Waals surface area contributed by atoms with Gasteiger partial charge in [0.15, 0.2) is 6.10 Å². The van der Waals surface area contributed by atoms with Crippen LogP contribution < -0.4 is 0 Å². The summed E-state index contributed by atoms with van der Waals surface area (Å²) in [5.41, 5.74) is 0. The van der Waals surface area contributed by atoms with Crippen LogP contribution in [0.2, 0.25) is 0 Å². The van der Waals surface area contributed by atoms with Crippen molar-refractivity contribution in [1.29, 1.82) is 0 Å². The third-order valence-corrected chi connectivity index (χ3v) is 17.1. The van der Waals surface area contributed by atoms with E-state index < -0.39 is 91.5 Å². The maximum atomic E-state index is 12.9. The number of ether oxygens (including phenoxy) is 3. The van der Waals surface area contributed by atoms with Gasteiger partial charge in [0, 0.05) is 19.3 Å². The SMILES string of the molecule is CC/C=C\C/C=C\C/C=C\C/C=C\C/C=C\C/C=C\CCCCCCCCCCCCCCCCC(=O)OCC(O)COP(=O)(O)OCC(O)COP(=O)(O)OCC(COC(=O)CC/C=C\C/C=C\C/C=C\C/C=C\C/C=C\C/C=C\CC)OC(=O)CCCCCCC/C=C\CCCC. The van der Waals surface area contributed by atoms with Crippen LogP contribution >= 0.6 is 15.6 Å². The number of aliphatic hydroxyl groups is 2. The van der Waals surface area contributed by atoms with E-state index in [1.165, 1.54) is 77.0 Å². The van der Waals surface area contributed by atoms with Crippen molar-refractivity contribution < 1.29 is 75.8 Å². The van der Waals surface area contributed by atoms with Gasteiger partial charge in [-0.2, -0.15) is 0 Å². The summed E-state index contributed by atoms with van der Waals surface area (Å²) in [5.74, 6) is -1.69. The minimum absolute atomic E-state index is 0.0400. The van der Waals surface area contributed by atoms with E-state index in [0.717, 1.165) is 135 Å². The molecule has 0 aromatic rings. The molecule has 0 saturated carbocycles. The molecule has 0 spiro atoms. The second-order valence-corrected chi connectivity index (χ2v) is 27.6. The number of carbonyl (C=O) groups is 3. The Morgan fingerprint density at radius 2 is 0.556 bits per heavy atom. The van der Waals surface area contributed by atoms with Gasteiger partial charge in [0.05, 0.1) is 26.4 Å². The lowest BCUT2D eigenvalue weighted by atomic mass is 10.0. The second kappa shape index (κ2) is 72.9. The number of phosphoric ester groups is 2. The minimum atomic E-state index is -4.94. The van der Waals surface area contributed by atoms with E-state index in [4.69, 9.17) is 32.3 Å². The van der Waals surface area contributed by atoms with E-state index >= 15 is 0 Å². The van der Waals surface area contributed by atoms with Crippen LogP contribution in [0.4, 0.5) is 0 Å². The number of rotatable bonds is 70. The van der Waals surface area contributed by atoms with Crippen molar-refractivity contribution in [3.05, 3.63) is 158 Å². The average molecular weight is 1430 g/mol. The molecule has 5 unspecified atom stereocenters. The van der Waals surface area contributed by atoms with Gasteiger partial charge in [-0.1, -0.05) is 288 Å². The number of esters is 3. The van der Waals surface area contributed by atoms with Crippen LogP contribution in [0.5, 0.6) is 0 Å². The largest absolute Gasteiger partial charge is 0.472 e. The van der Waals surface area contributed by atoms with Crippen molar-refractivity contribution in [1.82, 2.24) is 0 Å². The average Bonchev–Trinajstić information content (AvgIpc) is 1.28. The highest BCUT2D eigenvalue weighted by atomic mass is 31.2. The van der Waals surface area contributed by atoms with E-state index in [1.807, 2.05) is 18.2 Å². The summed E-state index contributed by atoms with van der Waals surface area (Å²) in [6.07, 6.45) is 90.5. The van der Waals surface area contributed by atoms with Crippen LogP contribution in [0.25, 0.3) is 0 Å². The predicted octanol–water partition coefficient (Wildman–Crippen LogP) is 21.9. The monoisotopic (exact) mass is 1420 g/mol. The molecule has 0 rings (SSSR count). The van der Waals surface area contributed by atoms with E-state index in [2.05, 4.69) is 161 Å². The molecule has 564 valence electrons. The summed E-state index contributed by atoms with van der Waals surface area (Å²) in [6, 6.07) is 0. The number of hydrogen-bond donors (Lipinski definition) is 4. The molecular formula is C81H134O16P2. The second-order valence-electron chi connectivity index (χ2n) is 24.7. The number of carbonyl (C=O) groups excluding carboxylic acids is 3. The zero-order valence-corrected chi connectivity index (χ0v) is 63.1. The fraction of sp³-hybridized carbons (Fsp3) is 0.642. The first-order valence-corrected chi connectivity index (χ1v) is 40.8. The molecular weight excluding hydrogens is 1290 g/mol. The van der Waals surface area contributed by atoms with Crippen molar-refractivity contribution in [2.24, 2.45) is 0 Å². The Morgan fingerprint density at radius 1 is 0.293 bits per heavy atom. The van der Waals surface area contributed by atoms with Gasteiger partial charge in [-0.3, -0.25) is 32.5 Å². The minimum Gasteiger partial charge on any atom is -0.463 e. The Kier molecular flexibility index (Phi) is 69.4. The lowest BCUT2D eigenvalue weighted by molar-refractivity contribution is -0.161. The Balaban J connectivity index is 4.43. The van der Waals surface area contributed by atoms with Crippen molar-refractivity contribution >= 4 is 33.6 Å². The summed E-state index contributed by atoms with van der Waals surface area (Å²) in [4.78, 5) is 58.4. The summed E-state index contributed by atoms with van der Waals surface area (Å²) >= 11 is 0. The van der Waals surface area contributed by atoms with Crippen molar-refractivity contribution in [3.63, 3.8) is 0 Å². The van der Waals surface area contributed by atoms with Crippen LogP contribution in [-0.4, -0.2) is 95.9 Å². The zero-order chi connectivity index (χ0) is 72.3. The van der Waals surface area contributed by atoms with Crippen LogP contribution in [0.1, 0.15) is 278 Å². The summed E-state index contributed by atoms with van der Waals surface area (Å²) in [6.45, 7) is 2.29. The highest BCUT2D eigenvalue weighted by Crippen LogP contribution is 2.45. The molecule has 5 atom stereocenters. The van der Waals surface area contributed by atoms with Gasteiger partial charge in [0.1, 0.15) is 25.4 Å². The van der Waals surface area contributed by atoms with Crippen molar-refractivity contribution in [3.8, 4) is 0 Å². The van der Waals surface area contributed by atoms with E-state index in [9.17, 15) is 43.5 Å². The lowest BCUT2D eigenvalue weighted by Crippen LogP contribution is -2.30. The molecule has 0 heterocycles. The molecule has 0 aliphatic rings. The molecule has 0 radical (unpaired) electrons. The van der Waals surface area contributed by atoms with Gasteiger partial charge in [-0.05, 0) is 128 Å². The highest BCUT2D eigenvalue weighted by molar-refractivity contribution is 7.47. The van der Waals surface area contributed by atoms with Crippen LogP contribution in [0.15, 0.2) is 158 Å². The third-order valence-electron chi connectivity index (χ3n) is 15.2. The molecule has 99 heavy (non-hydrogen) atoms. The predicted molar refractivity (Wildman–Crippen MR) is 408 cm³/mol. The molecule has 4 N–H and O–H groups in total. The number of phosphoric acid groups is 2. The van der Waals surface area contributed by atoms with Crippen molar-refractivity contribution in [2.75, 3.05) is 39.6 Å². The summed E-state index contributed by atoms with van der Waals surface area (Å²) in [5, 5.41) is 20.6. The van der Waals surface area contributed by atoms with Crippen LogP contribution in [0, 0.1) is 0 Å². The quantitative estimate of drug-likeness (QED) is 0.0146. The van der Waals surface area contributed by atoms with E-state index in [1.54, 1.807) is 0 Å². The Hall–Kier alpha value is -4.83. The Labute approximate surface area is 600 Å². The maximum Gasteiger partial charge on any atom is 0.472 e. The fourth-order valence-corrected chi connectivity index (χ4v) is 11.1. The van der Waals surface area contributed by atoms with Crippen LogP contribution in [-0.2, 0) is 55.8 Å². The maximum absolute atomic E-state index is 12.9. The number of allylic oxidation sites excluding steroid dienone is 26. The molecule has 0 fully saturated rings. The van der Waals surface area contributed by atoms with Gasteiger partial charge in [0.2, 0.25) is 0 Å². The molecule has 0 amide bonds. The fourth-order valence-electron chi connectivity index (χ4n) is 9.52. The molecule has 0 saturated heterocycles. The number of aliphatic hydroxyl groups excluding tert-OH is 2. The highest BCUT2D eigenvalue weighted by Gasteiger charge is 2.29. The first kappa shape index (κ1) is 94.2. The summed E-state index contributed by atoms with van der Waals surface area (Å²) < 4.78 is 60.8. The molecule has 0 aromatic heterocycles. The van der Waals surface area contributed by atoms with Crippen molar-refractivity contribution in [2.45, 2.75) is 296 Å². The Bertz CT molecular complexity index is 2430. The van der Waals surface area contributed by atoms with Gasteiger partial charge >= 0.3 is 33.6 Å². The number of hydrogen-bond acceptors (Lipinski definition) is 14. The molecule has 0 aliphatic heterocycles. The first-order chi connectivity index (χ1) is 48.2. The van der Waals surface area contributed by atoms with E-state index in [-0.39, 0.29) is 19.3 Å². The lowest BCUT2D eigenvalue weighted by Gasteiger charge is -2.21.